The third-order valence-corrected chi connectivity index (χ3v) is 4.27. The number of nitrogens with zero attached hydrogens (tertiary/aromatic N) is 3. The second kappa shape index (κ2) is 6.03. The van der Waals surface area contributed by atoms with Crippen molar-refractivity contribution in [3.8, 4) is 17.0 Å². The maximum Gasteiger partial charge on any atom is 0.328 e. The van der Waals surface area contributed by atoms with E-state index in [4.69, 9.17) is 4.74 Å². The second-order valence-electron chi connectivity index (χ2n) is 5.86. The van der Waals surface area contributed by atoms with Crippen molar-refractivity contribution in [2.75, 3.05) is 14.2 Å². The summed E-state index contributed by atoms with van der Waals surface area (Å²) in [5.41, 5.74) is 3.20. The lowest BCUT2D eigenvalue weighted by Crippen LogP contribution is -2.25. The van der Waals surface area contributed by atoms with Gasteiger partial charge in [-0.15, -0.1) is 0 Å². The molecule has 3 amide bonds. The van der Waals surface area contributed by atoms with Crippen molar-refractivity contribution in [2.45, 2.75) is 0 Å². The molecule has 0 aliphatic carbocycles. The molecule has 0 spiro atoms. The molecule has 1 fully saturated rings. The number of nitrogens with one attached hydrogen (secondary N) is 1. The van der Waals surface area contributed by atoms with E-state index < -0.39 is 6.03 Å². The zero-order valence-corrected chi connectivity index (χ0v) is 14.3. The Morgan fingerprint density at radius 3 is 2.73 bits per heavy atom. The van der Waals surface area contributed by atoms with E-state index >= 15 is 0 Å². The van der Waals surface area contributed by atoms with Gasteiger partial charge in [-0.1, -0.05) is 18.2 Å². The highest BCUT2D eigenvalue weighted by atomic mass is 16.5. The van der Waals surface area contributed by atoms with Gasteiger partial charge in [0, 0.05) is 18.8 Å². The van der Waals surface area contributed by atoms with Gasteiger partial charge >= 0.3 is 6.03 Å². The summed E-state index contributed by atoms with van der Waals surface area (Å²) in [5, 5.41) is 2.59. The fourth-order valence-electron chi connectivity index (χ4n) is 2.90. The van der Waals surface area contributed by atoms with Crippen LogP contribution in [0.5, 0.6) is 5.75 Å². The molecule has 1 aliphatic heterocycles. The van der Waals surface area contributed by atoms with Crippen LogP contribution >= 0.6 is 0 Å². The van der Waals surface area contributed by atoms with Gasteiger partial charge in [-0.2, -0.15) is 0 Å². The Morgan fingerprint density at radius 2 is 2.00 bits per heavy atom. The van der Waals surface area contributed by atoms with Crippen LogP contribution in [0.3, 0.4) is 0 Å². The molecular weight excluding hydrogens is 332 g/mol. The van der Waals surface area contributed by atoms with Gasteiger partial charge < -0.3 is 10.1 Å². The maximum absolute atomic E-state index is 12.3. The van der Waals surface area contributed by atoms with E-state index in [1.807, 2.05) is 53.1 Å². The van der Waals surface area contributed by atoms with Gasteiger partial charge in [-0.05, 0) is 30.3 Å². The van der Waals surface area contributed by atoms with Crippen molar-refractivity contribution in [2.24, 2.45) is 0 Å². The molecule has 130 valence electrons. The molecule has 0 atom stereocenters. The van der Waals surface area contributed by atoms with E-state index in [0.29, 0.717) is 17.1 Å². The topological polar surface area (TPSA) is 75.9 Å². The lowest BCUT2D eigenvalue weighted by Gasteiger charge is -2.05. The van der Waals surface area contributed by atoms with Crippen LogP contribution in [0, 0.1) is 0 Å². The normalized spacial score (nSPS) is 15.8. The van der Waals surface area contributed by atoms with Gasteiger partial charge in [0.05, 0.1) is 18.5 Å². The number of ether oxygens (including phenoxy) is 1. The van der Waals surface area contributed by atoms with Crippen LogP contribution < -0.4 is 10.1 Å². The van der Waals surface area contributed by atoms with Crippen LogP contribution in [0.25, 0.3) is 23.0 Å². The molecule has 0 saturated carbocycles. The summed E-state index contributed by atoms with van der Waals surface area (Å²) in [6, 6.07) is 12.8. The number of fused-ring (bicyclic) bond motifs is 1. The van der Waals surface area contributed by atoms with Gasteiger partial charge in [0.2, 0.25) is 0 Å². The van der Waals surface area contributed by atoms with E-state index in [-0.39, 0.29) is 11.6 Å². The lowest BCUT2D eigenvalue weighted by molar-refractivity contribution is -0.121. The highest BCUT2D eigenvalue weighted by Gasteiger charge is 2.30. The Kier molecular flexibility index (Phi) is 3.69. The average Bonchev–Trinajstić information content (AvgIpc) is 3.15. The number of methoxy groups -OCH3 is 1. The predicted octanol–water partition coefficient (Wildman–Crippen LogP) is 2.53. The van der Waals surface area contributed by atoms with Crippen LogP contribution in [-0.4, -0.2) is 40.4 Å². The molecule has 1 aliphatic rings. The first kappa shape index (κ1) is 15.9. The number of benzene rings is 1. The zero-order chi connectivity index (χ0) is 18.3. The molecule has 0 radical (unpaired) electrons. The van der Waals surface area contributed by atoms with Crippen LogP contribution in [0.15, 0.2) is 54.4 Å². The Balaban J connectivity index is 1.93. The van der Waals surface area contributed by atoms with E-state index in [0.717, 1.165) is 16.1 Å². The van der Waals surface area contributed by atoms with Crippen molar-refractivity contribution >= 4 is 23.7 Å². The van der Waals surface area contributed by atoms with Crippen molar-refractivity contribution in [3.05, 3.63) is 60.1 Å². The summed E-state index contributed by atoms with van der Waals surface area (Å²) in [7, 11) is 3.05. The Labute approximate surface area is 149 Å². The van der Waals surface area contributed by atoms with Crippen molar-refractivity contribution in [3.63, 3.8) is 0 Å². The molecule has 4 rings (SSSR count). The highest BCUT2D eigenvalue weighted by molar-refractivity contribution is 6.13. The number of pyridine rings is 1. The fourth-order valence-corrected chi connectivity index (χ4v) is 2.90. The number of carbonyl (C=O) groups excluding carboxylic acids is 2. The van der Waals surface area contributed by atoms with Crippen LogP contribution in [0.4, 0.5) is 4.79 Å². The summed E-state index contributed by atoms with van der Waals surface area (Å²) in [6.45, 7) is 0. The highest BCUT2D eigenvalue weighted by Crippen LogP contribution is 2.29. The molecule has 2 aromatic heterocycles. The third-order valence-electron chi connectivity index (χ3n) is 4.27. The first-order valence-corrected chi connectivity index (χ1v) is 8.01. The van der Waals surface area contributed by atoms with E-state index in [1.165, 1.54) is 7.05 Å². The van der Waals surface area contributed by atoms with Gasteiger partial charge in [-0.25, -0.2) is 9.78 Å². The molecule has 0 unspecified atom stereocenters. The molecule has 7 heteroatoms. The smallest absolute Gasteiger partial charge is 0.328 e. The SMILES string of the molecule is COc1cccc(-c2nc3ccccn3c2/C=C2\NC(=O)N(C)C2=O)c1. The molecule has 1 saturated heterocycles. The predicted molar refractivity (Wildman–Crippen MR) is 96.5 cm³/mol. The number of rotatable bonds is 3. The summed E-state index contributed by atoms with van der Waals surface area (Å²) >= 11 is 0. The number of imidazole rings is 1. The first-order valence-electron chi connectivity index (χ1n) is 8.01. The monoisotopic (exact) mass is 348 g/mol. The van der Waals surface area contributed by atoms with E-state index in [2.05, 4.69) is 10.3 Å². The van der Waals surface area contributed by atoms with Crippen LogP contribution in [0.2, 0.25) is 0 Å². The number of likely N-dealkylation sites (N-methyl/N-ethyl adjacent to an activating group) is 1. The van der Waals surface area contributed by atoms with Crippen molar-refractivity contribution in [1.82, 2.24) is 19.6 Å². The minimum Gasteiger partial charge on any atom is -0.497 e. The van der Waals surface area contributed by atoms with Crippen molar-refractivity contribution in [1.29, 1.82) is 0 Å². The quantitative estimate of drug-likeness (QED) is 0.583. The molecule has 7 nitrogen and oxygen atoms in total. The van der Waals surface area contributed by atoms with E-state index in [1.54, 1.807) is 13.2 Å². The Morgan fingerprint density at radius 1 is 1.15 bits per heavy atom. The number of amides is 3. The van der Waals surface area contributed by atoms with Gasteiger partial charge in [0.1, 0.15) is 17.1 Å². The zero-order valence-electron chi connectivity index (χ0n) is 14.3. The molecule has 1 aromatic carbocycles. The fraction of sp³-hybridized carbons (Fsp3) is 0.105. The van der Waals surface area contributed by atoms with Gasteiger partial charge in [-0.3, -0.25) is 14.1 Å². The second-order valence-corrected chi connectivity index (χ2v) is 5.86. The minimum absolute atomic E-state index is 0.215. The minimum atomic E-state index is -0.446. The molecule has 26 heavy (non-hydrogen) atoms. The average molecular weight is 348 g/mol. The number of aromatic nitrogens is 2. The number of urea groups is 1. The lowest BCUT2D eigenvalue weighted by atomic mass is 10.1. The Bertz CT molecular complexity index is 1070. The summed E-state index contributed by atoms with van der Waals surface area (Å²) in [4.78, 5) is 29.7. The molecular formula is C19H16N4O3. The largest absolute Gasteiger partial charge is 0.497 e. The molecule has 3 aromatic rings. The molecule has 1 N–H and O–H groups in total. The summed E-state index contributed by atoms with van der Waals surface area (Å²) in [5.74, 6) is 0.334. The van der Waals surface area contributed by atoms with Crippen LogP contribution in [0.1, 0.15) is 5.69 Å². The number of hydrogen-bond acceptors (Lipinski definition) is 4. The number of hydrogen-bond donors (Lipinski definition) is 1. The van der Waals surface area contributed by atoms with Gasteiger partial charge in [0.25, 0.3) is 5.91 Å². The van der Waals surface area contributed by atoms with Crippen molar-refractivity contribution < 1.29 is 14.3 Å². The first-order chi connectivity index (χ1) is 12.6. The maximum atomic E-state index is 12.3. The number of imide groups is 1. The third kappa shape index (κ3) is 2.50. The van der Waals surface area contributed by atoms with Gasteiger partial charge in [0.15, 0.2) is 0 Å². The molecule has 0 bridgehead atoms. The van der Waals surface area contributed by atoms with Crippen LogP contribution in [-0.2, 0) is 4.79 Å². The summed E-state index contributed by atoms with van der Waals surface area (Å²) < 4.78 is 7.18. The van der Waals surface area contributed by atoms with E-state index in [9.17, 15) is 9.59 Å². The number of carbonyl (C=O) groups is 2. The standard InChI is InChI=1S/C19H16N4O3/c1-22-18(24)14(20-19(22)25)11-15-17(12-6-5-7-13(10-12)26-2)21-16-8-3-4-9-23(15)16/h3-11H,1-2H3,(H,20,25)/b14-11-. The Hall–Kier alpha value is -3.61. The summed E-state index contributed by atoms with van der Waals surface area (Å²) in [6.07, 6.45) is 3.52. The molecule has 3 heterocycles.